The molecule has 90 valence electrons. The minimum atomic E-state index is 0.377. The second kappa shape index (κ2) is 4.73. The zero-order valence-corrected chi connectivity index (χ0v) is 10.7. The van der Waals surface area contributed by atoms with Gasteiger partial charge in [-0.3, -0.25) is 9.58 Å². The van der Waals surface area contributed by atoms with Crippen LogP contribution >= 0.6 is 11.6 Å². The van der Waals surface area contributed by atoms with Gasteiger partial charge in [0.2, 0.25) is 0 Å². The Labute approximate surface area is 101 Å². The summed E-state index contributed by atoms with van der Waals surface area (Å²) in [6.07, 6.45) is 2.16. The van der Waals surface area contributed by atoms with E-state index in [-0.39, 0.29) is 0 Å². The third kappa shape index (κ3) is 2.39. The van der Waals surface area contributed by atoms with E-state index in [1.165, 1.54) is 0 Å². The lowest BCUT2D eigenvalue weighted by atomic mass is 10.1. The van der Waals surface area contributed by atoms with Gasteiger partial charge in [-0.1, -0.05) is 11.6 Å². The molecule has 0 aromatic carbocycles. The first-order valence-corrected chi connectivity index (χ1v) is 6.11. The van der Waals surface area contributed by atoms with Crippen LogP contribution in [-0.4, -0.2) is 33.8 Å². The lowest BCUT2D eigenvalue weighted by Crippen LogP contribution is -2.39. The smallest absolute Gasteiger partial charge is 0.131 e. The molecule has 2 rings (SSSR count). The molecule has 0 spiro atoms. The van der Waals surface area contributed by atoms with E-state index < -0.39 is 0 Å². The maximum atomic E-state index is 6.21. The van der Waals surface area contributed by atoms with Crippen molar-refractivity contribution in [2.45, 2.75) is 32.4 Å². The Hall–Kier alpha value is -0.580. The summed E-state index contributed by atoms with van der Waals surface area (Å²) < 4.78 is 1.74. The molecule has 0 saturated carbocycles. The van der Waals surface area contributed by atoms with Crippen LogP contribution in [0.4, 0.5) is 0 Å². The molecule has 0 amide bonds. The van der Waals surface area contributed by atoms with Crippen LogP contribution < -0.4 is 5.73 Å². The van der Waals surface area contributed by atoms with Gasteiger partial charge in [0.25, 0.3) is 0 Å². The van der Waals surface area contributed by atoms with E-state index >= 15 is 0 Å². The summed E-state index contributed by atoms with van der Waals surface area (Å²) in [5.41, 5.74) is 8.07. The molecular weight excluding hydrogens is 224 g/mol. The van der Waals surface area contributed by atoms with Crippen LogP contribution in [0.3, 0.4) is 0 Å². The molecular formula is C11H19ClN4. The van der Waals surface area contributed by atoms with Crippen molar-refractivity contribution in [3.05, 3.63) is 16.4 Å². The van der Waals surface area contributed by atoms with Gasteiger partial charge in [0, 0.05) is 25.2 Å². The van der Waals surface area contributed by atoms with Gasteiger partial charge in [-0.05, 0) is 32.9 Å². The quantitative estimate of drug-likeness (QED) is 0.851. The maximum Gasteiger partial charge on any atom is 0.131 e. The number of halogens is 1. The third-order valence-electron chi connectivity index (χ3n) is 3.28. The van der Waals surface area contributed by atoms with E-state index in [0.717, 1.165) is 48.9 Å². The topological polar surface area (TPSA) is 47.1 Å². The number of hydrogen-bond acceptors (Lipinski definition) is 3. The zero-order valence-electron chi connectivity index (χ0n) is 9.91. The molecule has 5 heteroatoms. The monoisotopic (exact) mass is 242 g/mol. The molecule has 1 fully saturated rings. The van der Waals surface area contributed by atoms with Crippen molar-refractivity contribution in [3.8, 4) is 0 Å². The van der Waals surface area contributed by atoms with Crippen molar-refractivity contribution in [2.75, 3.05) is 13.1 Å². The molecule has 0 unspecified atom stereocenters. The SMILES string of the molecule is Cc1nn(C)c(Cl)c1CN1CCC(N)CC1. The van der Waals surface area contributed by atoms with Crippen LogP contribution in [0.1, 0.15) is 24.1 Å². The van der Waals surface area contributed by atoms with Gasteiger partial charge >= 0.3 is 0 Å². The molecule has 1 aliphatic heterocycles. The average Bonchev–Trinajstić information content (AvgIpc) is 2.48. The van der Waals surface area contributed by atoms with E-state index in [1.54, 1.807) is 4.68 Å². The highest BCUT2D eigenvalue weighted by Crippen LogP contribution is 2.22. The number of aryl methyl sites for hydroxylation is 2. The van der Waals surface area contributed by atoms with Crippen molar-refractivity contribution in [1.29, 1.82) is 0 Å². The van der Waals surface area contributed by atoms with Gasteiger partial charge in [-0.25, -0.2) is 0 Å². The normalized spacial score (nSPS) is 19.2. The second-order valence-corrected chi connectivity index (χ2v) is 4.95. The largest absolute Gasteiger partial charge is 0.328 e. The molecule has 1 saturated heterocycles. The fourth-order valence-corrected chi connectivity index (χ4v) is 2.42. The zero-order chi connectivity index (χ0) is 11.7. The number of aromatic nitrogens is 2. The minimum Gasteiger partial charge on any atom is -0.328 e. The van der Waals surface area contributed by atoms with Crippen molar-refractivity contribution < 1.29 is 0 Å². The predicted molar refractivity (Wildman–Crippen MR) is 65.4 cm³/mol. The Morgan fingerprint density at radius 2 is 2.06 bits per heavy atom. The molecule has 1 aromatic rings. The highest BCUT2D eigenvalue weighted by Gasteiger charge is 2.19. The van der Waals surface area contributed by atoms with Gasteiger partial charge < -0.3 is 5.73 Å². The Bertz CT molecular complexity index is 366. The highest BCUT2D eigenvalue weighted by molar-refractivity contribution is 6.30. The van der Waals surface area contributed by atoms with Crippen molar-refractivity contribution in [2.24, 2.45) is 12.8 Å². The molecule has 0 atom stereocenters. The lowest BCUT2D eigenvalue weighted by molar-refractivity contribution is 0.205. The summed E-state index contributed by atoms with van der Waals surface area (Å²) in [5.74, 6) is 0. The molecule has 0 aliphatic carbocycles. The maximum absolute atomic E-state index is 6.21. The summed E-state index contributed by atoms with van der Waals surface area (Å²) in [7, 11) is 1.88. The number of piperidine rings is 1. The second-order valence-electron chi connectivity index (χ2n) is 4.59. The Morgan fingerprint density at radius 3 is 2.56 bits per heavy atom. The number of nitrogens with zero attached hydrogens (tertiary/aromatic N) is 3. The first-order valence-electron chi connectivity index (χ1n) is 5.74. The van der Waals surface area contributed by atoms with E-state index in [4.69, 9.17) is 17.3 Å². The van der Waals surface area contributed by atoms with E-state index in [1.807, 2.05) is 14.0 Å². The van der Waals surface area contributed by atoms with Crippen LogP contribution in [0.15, 0.2) is 0 Å². The first-order chi connectivity index (χ1) is 7.58. The number of hydrogen-bond donors (Lipinski definition) is 1. The molecule has 0 bridgehead atoms. The van der Waals surface area contributed by atoms with Crippen LogP contribution in [0, 0.1) is 6.92 Å². The standard InChI is InChI=1S/C11H19ClN4/c1-8-10(11(12)15(2)14-8)7-16-5-3-9(13)4-6-16/h9H,3-7,13H2,1-2H3. The van der Waals surface area contributed by atoms with E-state index in [9.17, 15) is 0 Å². The van der Waals surface area contributed by atoms with Crippen molar-refractivity contribution in [3.63, 3.8) is 0 Å². The van der Waals surface area contributed by atoms with Gasteiger partial charge in [-0.2, -0.15) is 5.10 Å². The van der Waals surface area contributed by atoms with Gasteiger partial charge in [0.05, 0.1) is 5.69 Å². The first kappa shape index (κ1) is 11.9. The van der Waals surface area contributed by atoms with Gasteiger partial charge in [-0.15, -0.1) is 0 Å². The minimum absolute atomic E-state index is 0.377. The van der Waals surface area contributed by atoms with Crippen molar-refractivity contribution >= 4 is 11.6 Å². The number of likely N-dealkylation sites (tertiary alicyclic amines) is 1. The predicted octanol–water partition coefficient (Wildman–Crippen LogP) is 1.31. The van der Waals surface area contributed by atoms with Crippen molar-refractivity contribution in [1.82, 2.24) is 14.7 Å². The van der Waals surface area contributed by atoms with Gasteiger partial charge in [0.1, 0.15) is 5.15 Å². The molecule has 2 N–H and O–H groups in total. The summed E-state index contributed by atoms with van der Waals surface area (Å²) in [6.45, 7) is 5.03. The van der Waals surface area contributed by atoms with Crippen LogP contribution in [0.25, 0.3) is 0 Å². The molecule has 2 heterocycles. The third-order valence-corrected chi connectivity index (χ3v) is 3.76. The Balaban J connectivity index is 2.03. The number of rotatable bonds is 2. The molecule has 1 aliphatic rings. The van der Waals surface area contributed by atoms with Gasteiger partial charge in [0.15, 0.2) is 0 Å². The summed E-state index contributed by atoms with van der Waals surface area (Å²) in [4.78, 5) is 2.40. The fraction of sp³-hybridized carbons (Fsp3) is 0.727. The summed E-state index contributed by atoms with van der Waals surface area (Å²) in [6, 6.07) is 0.377. The van der Waals surface area contributed by atoms with Crippen LogP contribution in [0.2, 0.25) is 5.15 Å². The highest BCUT2D eigenvalue weighted by atomic mass is 35.5. The molecule has 4 nitrogen and oxygen atoms in total. The summed E-state index contributed by atoms with van der Waals surface area (Å²) >= 11 is 6.21. The number of nitrogens with two attached hydrogens (primary N) is 1. The van der Waals surface area contributed by atoms with Crippen LogP contribution in [-0.2, 0) is 13.6 Å². The molecule has 1 aromatic heterocycles. The lowest BCUT2D eigenvalue weighted by Gasteiger charge is -2.29. The average molecular weight is 243 g/mol. The summed E-state index contributed by atoms with van der Waals surface area (Å²) in [5, 5.41) is 5.08. The van der Waals surface area contributed by atoms with E-state index in [2.05, 4.69) is 10.00 Å². The Morgan fingerprint density at radius 1 is 1.44 bits per heavy atom. The molecule has 0 radical (unpaired) electrons. The van der Waals surface area contributed by atoms with Crippen LogP contribution in [0.5, 0.6) is 0 Å². The molecule has 16 heavy (non-hydrogen) atoms. The van der Waals surface area contributed by atoms with E-state index in [0.29, 0.717) is 6.04 Å². The Kier molecular flexibility index (Phi) is 3.52. The fourth-order valence-electron chi connectivity index (χ4n) is 2.19.